The average Bonchev–Trinajstić information content (AvgIpc) is 2.69. The highest BCUT2D eigenvalue weighted by Gasteiger charge is 2.15. The number of alkyl halides is 1. The van der Waals surface area contributed by atoms with E-state index in [4.69, 9.17) is 0 Å². The Morgan fingerprint density at radius 2 is 2.40 bits per heavy atom. The first-order chi connectivity index (χ1) is 7.15. The van der Waals surface area contributed by atoms with Gasteiger partial charge in [0, 0.05) is 36.1 Å². The van der Waals surface area contributed by atoms with Gasteiger partial charge in [0.15, 0.2) is 0 Å². The molecule has 0 saturated heterocycles. The summed E-state index contributed by atoms with van der Waals surface area (Å²) in [5.74, 6) is 0.205. The van der Waals surface area contributed by atoms with Gasteiger partial charge in [-0.1, -0.05) is 22.0 Å². The first-order valence-electron chi connectivity index (χ1n) is 4.99. The number of halogens is 1. The molecule has 1 heterocycles. The van der Waals surface area contributed by atoms with Crippen LogP contribution < -0.4 is 0 Å². The second-order valence-corrected chi connectivity index (χ2v) is 5.40. The minimum Gasteiger partial charge on any atom is -0.343 e. The van der Waals surface area contributed by atoms with Gasteiger partial charge in [-0.25, -0.2) is 0 Å². The summed E-state index contributed by atoms with van der Waals surface area (Å²) in [5.41, 5.74) is 0. The van der Waals surface area contributed by atoms with Crippen LogP contribution >= 0.6 is 27.3 Å². The van der Waals surface area contributed by atoms with Crippen molar-refractivity contribution in [3.63, 3.8) is 0 Å². The standard InChI is InChI=1S/C11H16BrNOS/c1-9(8-10-4-3-7-15-10)13(2)11(14)5-6-12/h3-4,7,9H,5-6,8H2,1-2H3. The third kappa shape index (κ3) is 3.95. The van der Waals surface area contributed by atoms with E-state index < -0.39 is 0 Å². The van der Waals surface area contributed by atoms with Crippen molar-refractivity contribution in [3.05, 3.63) is 22.4 Å². The SMILES string of the molecule is CC(Cc1cccs1)N(C)C(=O)CCBr. The zero-order chi connectivity index (χ0) is 11.3. The first-order valence-corrected chi connectivity index (χ1v) is 6.99. The first kappa shape index (κ1) is 12.7. The Balaban J connectivity index is 2.46. The lowest BCUT2D eigenvalue weighted by Crippen LogP contribution is -2.36. The zero-order valence-corrected chi connectivity index (χ0v) is 11.5. The zero-order valence-electron chi connectivity index (χ0n) is 9.07. The molecule has 0 fully saturated rings. The molecule has 0 radical (unpaired) electrons. The van der Waals surface area contributed by atoms with Crippen LogP contribution in [0, 0.1) is 0 Å². The maximum atomic E-state index is 11.6. The molecule has 0 saturated carbocycles. The van der Waals surface area contributed by atoms with E-state index in [-0.39, 0.29) is 11.9 Å². The molecule has 84 valence electrons. The highest BCUT2D eigenvalue weighted by atomic mass is 79.9. The number of nitrogens with zero attached hydrogens (tertiary/aromatic N) is 1. The number of carbonyl (C=O) groups excluding carboxylic acids is 1. The fraction of sp³-hybridized carbons (Fsp3) is 0.545. The Labute approximate surface area is 103 Å². The molecule has 4 heteroatoms. The van der Waals surface area contributed by atoms with E-state index in [0.717, 1.165) is 11.8 Å². The van der Waals surface area contributed by atoms with Crippen molar-refractivity contribution in [1.82, 2.24) is 4.90 Å². The fourth-order valence-corrected chi connectivity index (χ4v) is 2.53. The summed E-state index contributed by atoms with van der Waals surface area (Å²) in [4.78, 5) is 14.8. The van der Waals surface area contributed by atoms with Crippen molar-refractivity contribution in [2.45, 2.75) is 25.8 Å². The van der Waals surface area contributed by atoms with Gasteiger partial charge in [-0.3, -0.25) is 4.79 Å². The highest BCUT2D eigenvalue weighted by Crippen LogP contribution is 2.14. The number of likely N-dealkylation sites (N-methyl/N-ethyl adjacent to an activating group) is 1. The lowest BCUT2D eigenvalue weighted by molar-refractivity contribution is -0.131. The molecule has 15 heavy (non-hydrogen) atoms. The van der Waals surface area contributed by atoms with Crippen LogP contribution in [0.1, 0.15) is 18.2 Å². The van der Waals surface area contributed by atoms with Gasteiger partial charge in [-0.05, 0) is 18.4 Å². The van der Waals surface area contributed by atoms with Gasteiger partial charge in [-0.2, -0.15) is 0 Å². The van der Waals surface area contributed by atoms with Crippen LogP contribution in [0.2, 0.25) is 0 Å². The van der Waals surface area contributed by atoms with E-state index in [1.165, 1.54) is 4.88 Å². The third-order valence-electron chi connectivity index (χ3n) is 2.44. The molecule has 1 rings (SSSR count). The normalized spacial score (nSPS) is 12.5. The van der Waals surface area contributed by atoms with Gasteiger partial charge in [0.05, 0.1) is 0 Å². The predicted molar refractivity (Wildman–Crippen MR) is 68.7 cm³/mol. The molecule has 0 spiro atoms. The van der Waals surface area contributed by atoms with Crippen LogP contribution in [-0.4, -0.2) is 29.2 Å². The molecule has 1 atom stereocenters. The fourth-order valence-electron chi connectivity index (χ4n) is 1.36. The van der Waals surface area contributed by atoms with Crippen molar-refractivity contribution in [2.24, 2.45) is 0 Å². The van der Waals surface area contributed by atoms with E-state index in [9.17, 15) is 4.79 Å². The van der Waals surface area contributed by atoms with Crippen LogP contribution in [0.15, 0.2) is 17.5 Å². The summed E-state index contributed by atoms with van der Waals surface area (Å²) in [7, 11) is 1.88. The van der Waals surface area contributed by atoms with E-state index in [2.05, 4.69) is 34.3 Å². The van der Waals surface area contributed by atoms with Gasteiger partial charge in [0.1, 0.15) is 0 Å². The monoisotopic (exact) mass is 289 g/mol. The second-order valence-electron chi connectivity index (χ2n) is 3.58. The second kappa shape index (κ2) is 6.28. The summed E-state index contributed by atoms with van der Waals surface area (Å²) in [5, 5.41) is 2.81. The van der Waals surface area contributed by atoms with E-state index in [1.807, 2.05) is 18.0 Å². The van der Waals surface area contributed by atoms with Gasteiger partial charge >= 0.3 is 0 Å². The molecule has 2 nitrogen and oxygen atoms in total. The Morgan fingerprint density at radius 1 is 1.67 bits per heavy atom. The number of amides is 1. The minimum absolute atomic E-state index is 0.205. The Morgan fingerprint density at radius 3 is 2.93 bits per heavy atom. The molecule has 0 N–H and O–H groups in total. The number of rotatable bonds is 5. The van der Waals surface area contributed by atoms with Gasteiger partial charge in [-0.15, -0.1) is 11.3 Å². The maximum absolute atomic E-state index is 11.6. The molecule has 0 aromatic carbocycles. The van der Waals surface area contributed by atoms with Crippen molar-refractivity contribution in [2.75, 3.05) is 12.4 Å². The van der Waals surface area contributed by atoms with Crippen molar-refractivity contribution in [1.29, 1.82) is 0 Å². The smallest absolute Gasteiger partial charge is 0.223 e. The molecule has 0 aliphatic heterocycles. The number of hydrogen-bond acceptors (Lipinski definition) is 2. The minimum atomic E-state index is 0.205. The molecular formula is C11H16BrNOS. The van der Waals surface area contributed by atoms with Crippen molar-refractivity contribution in [3.8, 4) is 0 Å². The lowest BCUT2D eigenvalue weighted by atomic mass is 10.2. The molecule has 0 aliphatic rings. The quantitative estimate of drug-likeness (QED) is 0.764. The Bertz CT molecular complexity index is 300. The van der Waals surface area contributed by atoms with Gasteiger partial charge in [0.25, 0.3) is 0 Å². The predicted octanol–water partition coefficient (Wildman–Crippen LogP) is 2.92. The molecule has 0 aliphatic carbocycles. The van der Waals surface area contributed by atoms with Crippen molar-refractivity contribution < 1.29 is 4.79 Å². The van der Waals surface area contributed by atoms with Crippen LogP contribution in [0.5, 0.6) is 0 Å². The number of hydrogen-bond donors (Lipinski definition) is 0. The van der Waals surface area contributed by atoms with E-state index in [1.54, 1.807) is 11.3 Å². The molecule has 1 amide bonds. The van der Waals surface area contributed by atoms with E-state index >= 15 is 0 Å². The molecule has 1 unspecified atom stereocenters. The lowest BCUT2D eigenvalue weighted by Gasteiger charge is -2.24. The topological polar surface area (TPSA) is 20.3 Å². The van der Waals surface area contributed by atoms with Crippen LogP contribution in [0.25, 0.3) is 0 Å². The van der Waals surface area contributed by atoms with Crippen molar-refractivity contribution >= 4 is 33.2 Å². The molecule has 0 bridgehead atoms. The number of thiophene rings is 1. The van der Waals surface area contributed by atoms with Crippen LogP contribution in [-0.2, 0) is 11.2 Å². The summed E-state index contributed by atoms with van der Waals surface area (Å²) in [6.45, 7) is 2.09. The summed E-state index contributed by atoms with van der Waals surface area (Å²) >= 11 is 5.03. The van der Waals surface area contributed by atoms with Crippen LogP contribution in [0.4, 0.5) is 0 Å². The highest BCUT2D eigenvalue weighted by molar-refractivity contribution is 9.09. The van der Waals surface area contributed by atoms with Gasteiger partial charge < -0.3 is 4.90 Å². The van der Waals surface area contributed by atoms with Gasteiger partial charge in [0.2, 0.25) is 5.91 Å². The summed E-state index contributed by atoms with van der Waals surface area (Å²) < 4.78 is 0. The Hall–Kier alpha value is -0.350. The average molecular weight is 290 g/mol. The number of carbonyl (C=O) groups is 1. The Kier molecular flexibility index (Phi) is 5.32. The summed E-state index contributed by atoms with van der Waals surface area (Å²) in [6, 6.07) is 4.44. The molecule has 1 aromatic heterocycles. The third-order valence-corrected chi connectivity index (χ3v) is 3.73. The molecular weight excluding hydrogens is 274 g/mol. The summed E-state index contributed by atoms with van der Waals surface area (Å²) in [6.07, 6.45) is 1.52. The van der Waals surface area contributed by atoms with Crippen LogP contribution in [0.3, 0.4) is 0 Å². The molecule has 1 aromatic rings. The maximum Gasteiger partial charge on any atom is 0.223 e. The largest absolute Gasteiger partial charge is 0.343 e. The van der Waals surface area contributed by atoms with E-state index in [0.29, 0.717) is 6.42 Å².